The molecule has 164 valence electrons. The van der Waals surface area contributed by atoms with Gasteiger partial charge in [0.2, 0.25) is 5.91 Å². The van der Waals surface area contributed by atoms with E-state index in [4.69, 9.17) is 9.47 Å². The van der Waals surface area contributed by atoms with E-state index in [1.807, 2.05) is 27.7 Å². The highest BCUT2D eigenvalue weighted by Crippen LogP contribution is 2.37. The van der Waals surface area contributed by atoms with Crippen molar-refractivity contribution in [2.45, 2.75) is 34.1 Å². The van der Waals surface area contributed by atoms with Gasteiger partial charge >= 0.3 is 0 Å². The molecule has 0 aliphatic heterocycles. The molecule has 0 bridgehead atoms. The molecule has 0 spiro atoms. The summed E-state index contributed by atoms with van der Waals surface area (Å²) in [6.45, 7) is 8.47. The number of fused-ring (bicyclic) bond motifs is 1. The molecule has 0 unspecified atom stereocenters. The summed E-state index contributed by atoms with van der Waals surface area (Å²) in [6, 6.07) is 8.58. The van der Waals surface area contributed by atoms with Gasteiger partial charge in [0.15, 0.2) is 0 Å². The van der Waals surface area contributed by atoms with Gasteiger partial charge in [0.05, 0.1) is 41.9 Å². The molecule has 8 nitrogen and oxygen atoms in total. The molecule has 0 saturated heterocycles. The molecule has 0 atom stereocenters. The monoisotopic (exact) mass is 424 g/mol. The molecule has 1 heterocycles. The van der Waals surface area contributed by atoms with Crippen LogP contribution in [0.5, 0.6) is 11.5 Å². The number of hydrogen-bond acceptors (Lipinski definition) is 5. The third-order valence-electron chi connectivity index (χ3n) is 4.48. The van der Waals surface area contributed by atoms with Gasteiger partial charge in [-0.15, -0.1) is 0 Å². The number of rotatable bonds is 9. The molecule has 8 heteroatoms. The fraction of sp³-hybridized carbons (Fsp3) is 0.348. The smallest absolute Gasteiger partial charge is 0.255 e. The summed E-state index contributed by atoms with van der Waals surface area (Å²) in [7, 11) is 0. The summed E-state index contributed by atoms with van der Waals surface area (Å²) >= 11 is 0. The van der Waals surface area contributed by atoms with Gasteiger partial charge in [0.1, 0.15) is 11.5 Å². The van der Waals surface area contributed by atoms with Gasteiger partial charge in [0.25, 0.3) is 5.91 Å². The van der Waals surface area contributed by atoms with Crippen molar-refractivity contribution < 1.29 is 19.1 Å². The van der Waals surface area contributed by atoms with Crippen LogP contribution in [0, 0.1) is 5.92 Å². The number of ether oxygens (including phenoxy) is 2. The highest BCUT2D eigenvalue weighted by atomic mass is 16.5. The zero-order valence-corrected chi connectivity index (χ0v) is 18.2. The molecule has 3 N–H and O–H groups in total. The SMILES string of the molecule is CCOc1cc(NC(=O)c2ccc3nc[nH]c3c2)c(OCC)cc1NC(=O)CC(C)C. The van der Waals surface area contributed by atoms with Gasteiger partial charge in [-0.05, 0) is 38.0 Å². The van der Waals surface area contributed by atoms with Crippen molar-refractivity contribution in [2.75, 3.05) is 23.8 Å². The van der Waals surface area contributed by atoms with Crippen molar-refractivity contribution in [1.82, 2.24) is 9.97 Å². The predicted octanol–water partition coefficient (Wildman–Crippen LogP) is 4.60. The molecule has 0 aliphatic carbocycles. The molecule has 2 amide bonds. The molecule has 0 aliphatic rings. The van der Waals surface area contributed by atoms with Crippen molar-refractivity contribution >= 4 is 34.2 Å². The Labute approximate surface area is 181 Å². The number of aromatic nitrogens is 2. The van der Waals surface area contributed by atoms with E-state index >= 15 is 0 Å². The zero-order valence-electron chi connectivity index (χ0n) is 18.2. The number of nitrogens with zero attached hydrogens (tertiary/aromatic N) is 1. The summed E-state index contributed by atoms with van der Waals surface area (Å²) in [5.74, 6) is 0.733. The maximum atomic E-state index is 12.9. The lowest BCUT2D eigenvalue weighted by Gasteiger charge is -2.18. The second-order valence-electron chi connectivity index (χ2n) is 7.45. The van der Waals surface area contributed by atoms with Crippen LogP contribution in [-0.2, 0) is 4.79 Å². The number of carbonyl (C=O) groups excluding carboxylic acids is 2. The molecule has 3 rings (SSSR count). The highest BCUT2D eigenvalue weighted by molar-refractivity contribution is 6.07. The molecule has 0 saturated carbocycles. The van der Waals surface area contributed by atoms with Crippen LogP contribution >= 0.6 is 0 Å². The summed E-state index contributed by atoms with van der Waals surface area (Å²) in [4.78, 5) is 32.3. The average Bonchev–Trinajstić information content (AvgIpc) is 3.18. The number of amides is 2. The van der Waals surface area contributed by atoms with E-state index < -0.39 is 0 Å². The van der Waals surface area contributed by atoms with Gasteiger partial charge < -0.3 is 25.1 Å². The lowest BCUT2D eigenvalue weighted by atomic mass is 10.1. The normalized spacial score (nSPS) is 10.9. The first kappa shape index (κ1) is 22.1. The lowest BCUT2D eigenvalue weighted by Crippen LogP contribution is -2.16. The maximum absolute atomic E-state index is 12.9. The van der Waals surface area contributed by atoms with Crippen molar-refractivity contribution in [3.8, 4) is 11.5 Å². The van der Waals surface area contributed by atoms with Crippen LogP contribution in [0.2, 0.25) is 0 Å². The lowest BCUT2D eigenvalue weighted by molar-refractivity contribution is -0.116. The molecule has 0 radical (unpaired) electrons. The second-order valence-corrected chi connectivity index (χ2v) is 7.45. The van der Waals surface area contributed by atoms with E-state index in [1.54, 1.807) is 36.7 Å². The number of benzene rings is 2. The van der Waals surface area contributed by atoms with Gasteiger partial charge in [-0.1, -0.05) is 13.8 Å². The molecule has 2 aromatic carbocycles. The average molecular weight is 425 g/mol. The van der Waals surface area contributed by atoms with Crippen LogP contribution in [0.1, 0.15) is 44.5 Å². The Bertz CT molecular complexity index is 1070. The van der Waals surface area contributed by atoms with Gasteiger partial charge in [-0.25, -0.2) is 4.98 Å². The van der Waals surface area contributed by atoms with Crippen LogP contribution < -0.4 is 20.1 Å². The number of H-pyrrole nitrogens is 1. The number of nitrogens with one attached hydrogen (secondary N) is 3. The van der Waals surface area contributed by atoms with Crippen LogP contribution in [0.3, 0.4) is 0 Å². The number of imidazole rings is 1. The van der Waals surface area contributed by atoms with Gasteiger partial charge in [0, 0.05) is 24.1 Å². The predicted molar refractivity (Wildman–Crippen MR) is 121 cm³/mol. The number of carbonyl (C=O) groups is 2. The standard InChI is InChI=1S/C23H28N4O4/c1-5-30-20-12-19(21(31-6-2)11-18(20)26-22(28)9-14(3)4)27-23(29)15-7-8-16-17(10-15)25-13-24-16/h7-8,10-14H,5-6,9H2,1-4H3,(H,24,25)(H,26,28)(H,27,29). The Balaban J connectivity index is 1.90. The van der Waals surface area contributed by atoms with E-state index in [2.05, 4.69) is 20.6 Å². The third-order valence-corrected chi connectivity index (χ3v) is 4.48. The summed E-state index contributed by atoms with van der Waals surface area (Å²) < 4.78 is 11.4. The van der Waals surface area contributed by atoms with Crippen LogP contribution in [0.4, 0.5) is 11.4 Å². The topological polar surface area (TPSA) is 105 Å². The molecule has 31 heavy (non-hydrogen) atoms. The quantitative estimate of drug-likeness (QED) is 0.466. The van der Waals surface area contributed by atoms with E-state index in [0.29, 0.717) is 48.1 Å². The Hall–Kier alpha value is -3.55. The van der Waals surface area contributed by atoms with E-state index in [1.165, 1.54) is 0 Å². The fourth-order valence-electron chi connectivity index (χ4n) is 3.15. The maximum Gasteiger partial charge on any atom is 0.255 e. The number of aromatic amines is 1. The highest BCUT2D eigenvalue weighted by Gasteiger charge is 2.17. The first-order chi connectivity index (χ1) is 14.9. The van der Waals surface area contributed by atoms with Crippen molar-refractivity contribution in [2.24, 2.45) is 5.92 Å². The van der Waals surface area contributed by atoms with Crippen molar-refractivity contribution in [1.29, 1.82) is 0 Å². The largest absolute Gasteiger partial charge is 0.492 e. The molecule has 3 aromatic rings. The Morgan fingerprint density at radius 2 is 1.65 bits per heavy atom. The molecular weight excluding hydrogens is 396 g/mol. The minimum absolute atomic E-state index is 0.108. The first-order valence-electron chi connectivity index (χ1n) is 10.4. The third kappa shape index (κ3) is 5.53. The fourth-order valence-corrected chi connectivity index (χ4v) is 3.15. The zero-order chi connectivity index (χ0) is 22.4. The first-order valence-corrected chi connectivity index (χ1v) is 10.4. The Morgan fingerprint density at radius 1 is 1.00 bits per heavy atom. The Kier molecular flexibility index (Phi) is 7.12. The van der Waals surface area contributed by atoms with E-state index in [0.717, 1.165) is 11.0 Å². The molecule has 0 fully saturated rings. The second kappa shape index (κ2) is 9.97. The van der Waals surface area contributed by atoms with Crippen molar-refractivity contribution in [3.63, 3.8) is 0 Å². The minimum Gasteiger partial charge on any atom is -0.492 e. The van der Waals surface area contributed by atoms with Gasteiger partial charge in [-0.3, -0.25) is 9.59 Å². The summed E-state index contributed by atoms with van der Waals surface area (Å²) in [6.07, 6.45) is 1.98. The van der Waals surface area contributed by atoms with Gasteiger partial charge in [-0.2, -0.15) is 0 Å². The van der Waals surface area contributed by atoms with Crippen molar-refractivity contribution in [3.05, 3.63) is 42.2 Å². The number of hydrogen-bond donors (Lipinski definition) is 3. The number of anilines is 2. The Morgan fingerprint density at radius 3 is 2.26 bits per heavy atom. The summed E-state index contributed by atoms with van der Waals surface area (Å²) in [5, 5.41) is 5.78. The van der Waals surface area contributed by atoms with E-state index in [-0.39, 0.29) is 17.7 Å². The van der Waals surface area contributed by atoms with Crippen LogP contribution in [0.15, 0.2) is 36.7 Å². The molecule has 1 aromatic heterocycles. The van der Waals surface area contributed by atoms with Crippen LogP contribution in [0.25, 0.3) is 11.0 Å². The summed E-state index contributed by atoms with van der Waals surface area (Å²) in [5.41, 5.74) is 3.00. The van der Waals surface area contributed by atoms with Crippen LogP contribution in [-0.4, -0.2) is 35.0 Å². The molecular formula is C23H28N4O4. The minimum atomic E-state index is -0.295. The van der Waals surface area contributed by atoms with E-state index in [9.17, 15) is 9.59 Å².